The molecule has 1 fully saturated rings. The highest BCUT2D eigenvalue weighted by Gasteiger charge is 2.29. The zero-order valence-electron chi connectivity index (χ0n) is 10.7. The van der Waals surface area contributed by atoms with E-state index in [1.807, 2.05) is 6.92 Å². The van der Waals surface area contributed by atoms with Gasteiger partial charge in [-0.05, 0) is 32.8 Å². The van der Waals surface area contributed by atoms with E-state index in [0.717, 1.165) is 19.4 Å². The lowest BCUT2D eigenvalue weighted by Crippen LogP contribution is -2.45. The van der Waals surface area contributed by atoms with Crippen molar-refractivity contribution in [2.24, 2.45) is 0 Å². The van der Waals surface area contributed by atoms with Crippen molar-refractivity contribution in [2.45, 2.75) is 45.4 Å². The molecule has 1 aliphatic carbocycles. The monoisotopic (exact) mass is 253 g/mol. The maximum absolute atomic E-state index is 10.9. The molecule has 0 atom stereocenters. The van der Waals surface area contributed by atoms with E-state index in [4.69, 9.17) is 14.3 Å². The average molecular weight is 253 g/mol. The maximum atomic E-state index is 10.9. The molecule has 2 N–H and O–H groups in total. The first-order valence-electron chi connectivity index (χ1n) is 6.27. The normalized spacial score (nSPS) is 22.8. The number of rotatable bonds is 6. The molecule has 1 aliphatic rings. The Labute approximate surface area is 106 Å². The van der Waals surface area contributed by atoms with Gasteiger partial charge in [0.2, 0.25) is 0 Å². The van der Waals surface area contributed by atoms with Gasteiger partial charge in [0.25, 0.3) is 0 Å². The van der Waals surface area contributed by atoms with E-state index in [2.05, 4.69) is 5.32 Å². The molecular formula is C13H19NO4. The maximum Gasteiger partial charge on any atom is 0.339 e. The molecule has 0 spiro atoms. The molecule has 5 nitrogen and oxygen atoms in total. The van der Waals surface area contributed by atoms with Crippen LogP contribution in [0.5, 0.6) is 0 Å². The molecule has 1 saturated carbocycles. The van der Waals surface area contributed by atoms with Crippen LogP contribution in [0, 0.1) is 6.92 Å². The second-order valence-electron chi connectivity index (χ2n) is 4.61. The topological polar surface area (TPSA) is 71.7 Å². The van der Waals surface area contributed by atoms with Crippen molar-refractivity contribution in [1.29, 1.82) is 0 Å². The zero-order valence-corrected chi connectivity index (χ0v) is 10.7. The third kappa shape index (κ3) is 2.91. The van der Waals surface area contributed by atoms with Crippen LogP contribution < -0.4 is 5.32 Å². The number of hydrogen-bond acceptors (Lipinski definition) is 4. The molecule has 0 amide bonds. The second kappa shape index (κ2) is 5.54. The van der Waals surface area contributed by atoms with Gasteiger partial charge in [-0.1, -0.05) is 0 Å². The standard InChI is InChI=1S/C13H19NO4/c1-3-17-10-4-9(5-10)14-7-11-6-12(13(15)16)8(2)18-11/h6,9-10,14H,3-5,7H2,1-2H3,(H,15,16). The third-order valence-electron chi connectivity index (χ3n) is 3.26. The van der Waals surface area contributed by atoms with Gasteiger partial charge in [-0.25, -0.2) is 4.79 Å². The molecule has 18 heavy (non-hydrogen) atoms. The third-order valence-corrected chi connectivity index (χ3v) is 3.26. The summed E-state index contributed by atoms with van der Waals surface area (Å²) in [5, 5.41) is 12.2. The Balaban J connectivity index is 1.78. The molecule has 5 heteroatoms. The van der Waals surface area contributed by atoms with Gasteiger partial charge in [-0.2, -0.15) is 0 Å². The summed E-state index contributed by atoms with van der Waals surface area (Å²) in [5.41, 5.74) is 0.243. The van der Waals surface area contributed by atoms with Crippen molar-refractivity contribution in [1.82, 2.24) is 5.32 Å². The Kier molecular flexibility index (Phi) is 4.04. The molecule has 0 saturated heterocycles. The highest BCUT2D eigenvalue weighted by atomic mass is 16.5. The van der Waals surface area contributed by atoms with E-state index in [-0.39, 0.29) is 5.56 Å². The number of furan rings is 1. The number of ether oxygens (including phenoxy) is 1. The fraction of sp³-hybridized carbons (Fsp3) is 0.615. The SMILES string of the molecule is CCOC1CC(NCc2cc(C(=O)O)c(C)o2)C1. The average Bonchev–Trinajstić information content (AvgIpc) is 2.63. The van der Waals surface area contributed by atoms with Crippen molar-refractivity contribution >= 4 is 5.97 Å². The van der Waals surface area contributed by atoms with E-state index in [1.54, 1.807) is 13.0 Å². The van der Waals surface area contributed by atoms with Crippen LogP contribution in [-0.2, 0) is 11.3 Å². The van der Waals surface area contributed by atoms with E-state index < -0.39 is 5.97 Å². The summed E-state index contributed by atoms with van der Waals surface area (Å²) >= 11 is 0. The highest BCUT2D eigenvalue weighted by molar-refractivity contribution is 5.88. The predicted molar refractivity (Wildman–Crippen MR) is 65.7 cm³/mol. The minimum Gasteiger partial charge on any atom is -0.478 e. The lowest BCUT2D eigenvalue weighted by atomic mass is 9.89. The molecule has 0 aliphatic heterocycles. The van der Waals surface area contributed by atoms with Gasteiger partial charge in [0.05, 0.1) is 12.6 Å². The summed E-state index contributed by atoms with van der Waals surface area (Å²) in [7, 11) is 0. The molecule has 1 aromatic heterocycles. The second-order valence-corrected chi connectivity index (χ2v) is 4.61. The predicted octanol–water partition coefficient (Wildman–Crippen LogP) is 1.94. The lowest BCUT2D eigenvalue weighted by Gasteiger charge is -2.35. The molecule has 100 valence electrons. The van der Waals surface area contributed by atoms with Gasteiger partial charge in [0.15, 0.2) is 0 Å². The summed E-state index contributed by atoms with van der Waals surface area (Å²) in [5.74, 6) is 0.187. The van der Waals surface area contributed by atoms with Gasteiger partial charge in [-0.15, -0.1) is 0 Å². The highest BCUT2D eigenvalue weighted by Crippen LogP contribution is 2.24. The fourth-order valence-electron chi connectivity index (χ4n) is 2.19. The minimum absolute atomic E-state index is 0.243. The van der Waals surface area contributed by atoms with Crippen LogP contribution in [0.15, 0.2) is 10.5 Å². The van der Waals surface area contributed by atoms with E-state index >= 15 is 0 Å². The Hall–Kier alpha value is -1.33. The molecule has 1 heterocycles. The molecule has 0 aromatic carbocycles. The number of aromatic carboxylic acids is 1. The van der Waals surface area contributed by atoms with Crippen molar-refractivity contribution in [3.05, 3.63) is 23.2 Å². The van der Waals surface area contributed by atoms with Crippen molar-refractivity contribution in [2.75, 3.05) is 6.61 Å². The number of hydrogen-bond donors (Lipinski definition) is 2. The van der Waals surface area contributed by atoms with Crippen LogP contribution in [-0.4, -0.2) is 29.8 Å². The van der Waals surface area contributed by atoms with Gasteiger partial charge < -0.3 is 19.6 Å². The number of carboxylic acid groups (broad SMARTS) is 1. The van der Waals surface area contributed by atoms with Crippen LogP contribution in [0.1, 0.15) is 41.6 Å². The Bertz CT molecular complexity index is 421. The summed E-state index contributed by atoms with van der Waals surface area (Å²) in [6.45, 7) is 5.00. The Morgan fingerprint density at radius 3 is 2.89 bits per heavy atom. The van der Waals surface area contributed by atoms with Crippen LogP contribution >= 0.6 is 0 Å². The molecule has 0 radical (unpaired) electrons. The summed E-state index contributed by atoms with van der Waals surface area (Å²) in [6, 6.07) is 2.03. The van der Waals surface area contributed by atoms with E-state index in [9.17, 15) is 4.79 Å². The largest absolute Gasteiger partial charge is 0.478 e. The van der Waals surface area contributed by atoms with Crippen LogP contribution in [0.4, 0.5) is 0 Å². The smallest absolute Gasteiger partial charge is 0.339 e. The quantitative estimate of drug-likeness (QED) is 0.810. The first-order chi connectivity index (χ1) is 8.60. The first kappa shape index (κ1) is 13.1. The molecule has 2 rings (SSSR count). The van der Waals surface area contributed by atoms with Crippen molar-refractivity contribution in [3.63, 3.8) is 0 Å². The van der Waals surface area contributed by atoms with Gasteiger partial charge >= 0.3 is 5.97 Å². The summed E-state index contributed by atoms with van der Waals surface area (Å²) in [4.78, 5) is 10.9. The van der Waals surface area contributed by atoms with Gasteiger partial charge in [-0.3, -0.25) is 0 Å². The number of aryl methyl sites for hydroxylation is 1. The lowest BCUT2D eigenvalue weighted by molar-refractivity contribution is -0.0105. The summed E-state index contributed by atoms with van der Waals surface area (Å²) in [6.07, 6.45) is 2.40. The fourth-order valence-corrected chi connectivity index (χ4v) is 2.19. The Morgan fingerprint density at radius 2 is 2.33 bits per heavy atom. The zero-order chi connectivity index (χ0) is 13.1. The minimum atomic E-state index is -0.942. The number of carboxylic acids is 1. The molecular weight excluding hydrogens is 234 g/mol. The number of nitrogens with one attached hydrogen (secondary N) is 1. The van der Waals surface area contributed by atoms with Crippen LogP contribution in [0.25, 0.3) is 0 Å². The molecule has 0 unspecified atom stereocenters. The van der Waals surface area contributed by atoms with Crippen LogP contribution in [0.3, 0.4) is 0 Å². The van der Waals surface area contributed by atoms with Gasteiger partial charge in [0, 0.05) is 12.6 Å². The molecule has 1 aromatic rings. The van der Waals surface area contributed by atoms with Crippen molar-refractivity contribution < 1.29 is 19.1 Å². The van der Waals surface area contributed by atoms with Gasteiger partial charge in [0.1, 0.15) is 17.1 Å². The summed E-state index contributed by atoms with van der Waals surface area (Å²) < 4.78 is 10.9. The van der Waals surface area contributed by atoms with Crippen molar-refractivity contribution in [3.8, 4) is 0 Å². The van der Waals surface area contributed by atoms with E-state index in [1.165, 1.54) is 0 Å². The number of carbonyl (C=O) groups is 1. The van der Waals surface area contributed by atoms with E-state index in [0.29, 0.717) is 30.2 Å². The molecule has 0 bridgehead atoms. The van der Waals surface area contributed by atoms with Crippen LogP contribution in [0.2, 0.25) is 0 Å². The first-order valence-corrected chi connectivity index (χ1v) is 6.27. The Morgan fingerprint density at radius 1 is 1.61 bits per heavy atom.